The Labute approximate surface area is 130 Å². The first kappa shape index (κ1) is 15.5. The summed E-state index contributed by atoms with van der Waals surface area (Å²) in [5.74, 6) is 0.782. The normalized spacial score (nSPS) is 36.9. The molecule has 0 aromatic rings. The fourth-order valence-corrected chi connectivity index (χ4v) is 5.31. The number of hydrogen-bond acceptors (Lipinski definition) is 3. The van der Waals surface area contributed by atoms with Gasteiger partial charge in [-0.15, -0.1) is 0 Å². The van der Waals surface area contributed by atoms with Crippen LogP contribution >= 0.6 is 0 Å². The SMILES string of the molecule is CC(=O)CC[C@H](NC(=O)C12CC3CC(CC(C3)C1)C2)C(=O)O. The van der Waals surface area contributed by atoms with Gasteiger partial charge in [-0.25, -0.2) is 4.79 Å². The Kier molecular flexibility index (Phi) is 4.00. The van der Waals surface area contributed by atoms with Crippen molar-refractivity contribution in [2.45, 2.75) is 64.3 Å². The standard InChI is InChI=1S/C17H25NO4/c1-10(19)2-3-14(15(20)21)18-16(22)17-7-11-4-12(8-17)6-13(5-11)9-17/h11-14H,2-9H2,1H3,(H,18,22)(H,20,21)/t11?,12?,13?,14-,17?/m0/s1. The number of hydrogen-bond donors (Lipinski definition) is 2. The summed E-state index contributed by atoms with van der Waals surface area (Å²) >= 11 is 0. The Bertz CT molecular complexity index is 464. The molecule has 4 fully saturated rings. The fourth-order valence-electron chi connectivity index (χ4n) is 5.31. The third kappa shape index (κ3) is 2.90. The van der Waals surface area contributed by atoms with Crippen LogP contribution in [0.3, 0.4) is 0 Å². The van der Waals surface area contributed by atoms with Crippen molar-refractivity contribution < 1.29 is 19.5 Å². The highest BCUT2D eigenvalue weighted by molar-refractivity contribution is 5.88. The van der Waals surface area contributed by atoms with Gasteiger partial charge in [0.1, 0.15) is 11.8 Å². The van der Waals surface area contributed by atoms with Gasteiger partial charge in [0.05, 0.1) is 0 Å². The maximum atomic E-state index is 12.8. The highest BCUT2D eigenvalue weighted by Gasteiger charge is 2.54. The van der Waals surface area contributed by atoms with Crippen LogP contribution in [0.1, 0.15) is 58.3 Å². The van der Waals surface area contributed by atoms with Gasteiger partial charge in [-0.05, 0) is 69.6 Å². The summed E-state index contributed by atoms with van der Waals surface area (Å²) in [5, 5.41) is 12.0. The highest BCUT2D eigenvalue weighted by atomic mass is 16.4. The molecule has 0 aromatic heterocycles. The molecule has 4 aliphatic rings. The maximum absolute atomic E-state index is 12.8. The first-order valence-corrected chi connectivity index (χ1v) is 8.41. The Morgan fingerprint density at radius 3 is 2.00 bits per heavy atom. The van der Waals surface area contributed by atoms with E-state index in [1.807, 2.05) is 0 Å². The number of ketones is 1. The van der Waals surface area contributed by atoms with Crippen LogP contribution in [0.15, 0.2) is 0 Å². The number of amides is 1. The Balaban J connectivity index is 1.67. The number of nitrogens with one attached hydrogen (secondary N) is 1. The van der Waals surface area contributed by atoms with Gasteiger partial charge in [0.2, 0.25) is 5.91 Å². The molecule has 0 aliphatic heterocycles. The quantitative estimate of drug-likeness (QED) is 0.787. The Morgan fingerprint density at radius 1 is 1.09 bits per heavy atom. The highest BCUT2D eigenvalue weighted by Crippen LogP contribution is 2.60. The Morgan fingerprint density at radius 2 is 1.59 bits per heavy atom. The van der Waals surface area contributed by atoms with Gasteiger partial charge in [-0.1, -0.05) is 0 Å². The fraction of sp³-hybridized carbons (Fsp3) is 0.824. The number of rotatable bonds is 6. The third-order valence-corrected chi connectivity index (χ3v) is 5.91. The topological polar surface area (TPSA) is 83.5 Å². The van der Waals surface area contributed by atoms with Gasteiger partial charge < -0.3 is 15.2 Å². The number of carboxylic acid groups (broad SMARTS) is 1. The molecule has 0 heterocycles. The van der Waals surface area contributed by atoms with Crippen LogP contribution in [0, 0.1) is 23.2 Å². The summed E-state index contributed by atoms with van der Waals surface area (Å²) in [4.78, 5) is 35.2. The average molecular weight is 307 g/mol. The number of Topliss-reactive ketones (excluding diaryl/α,β-unsaturated/α-hetero) is 1. The van der Waals surface area contributed by atoms with Crippen molar-refractivity contribution in [2.24, 2.45) is 23.2 Å². The molecule has 5 nitrogen and oxygen atoms in total. The molecule has 0 spiro atoms. The maximum Gasteiger partial charge on any atom is 0.326 e. The van der Waals surface area contributed by atoms with E-state index in [0.717, 1.165) is 19.3 Å². The van der Waals surface area contributed by atoms with E-state index in [4.69, 9.17) is 0 Å². The summed E-state index contributed by atoms with van der Waals surface area (Å²) in [6, 6.07) is -0.940. The summed E-state index contributed by atoms with van der Waals surface area (Å²) < 4.78 is 0. The minimum Gasteiger partial charge on any atom is -0.480 e. The molecule has 4 bridgehead atoms. The minimum absolute atomic E-state index is 0.0460. The summed E-state index contributed by atoms with van der Waals surface area (Å²) in [6.07, 6.45) is 6.89. The molecule has 0 radical (unpaired) electrons. The number of aliphatic carboxylic acids is 1. The number of carboxylic acids is 1. The third-order valence-electron chi connectivity index (χ3n) is 5.91. The first-order chi connectivity index (χ1) is 10.4. The van der Waals surface area contributed by atoms with E-state index in [1.54, 1.807) is 0 Å². The van der Waals surface area contributed by atoms with Crippen molar-refractivity contribution in [3.63, 3.8) is 0 Å². The van der Waals surface area contributed by atoms with Gasteiger partial charge in [0.15, 0.2) is 0 Å². The van der Waals surface area contributed by atoms with Crippen LogP contribution in [0.5, 0.6) is 0 Å². The summed E-state index contributed by atoms with van der Waals surface area (Å²) in [7, 11) is 0. The molecule has 2 N–H and O–H groups in total. The lowest BCUT2D eigenvalue weighted by atomic mass is 9.49. The van der Waals surface area contributed by atoms with Crippen molar-refractivity contribution >= 4 is 17.7 Å². The van der Waals surface area contributed by atoms with Crippen molar-refractivity contribution in [1.82, 2.24) is 5.32 Å². The number of carbonyl (C=O) groups is 3. The van der Waals surface area contributed by atoms with E-state index in [2.05, 4.69) is 5.32 Å². The zero-order valence-corrected chi connectivity index (χ0v) is 13.1. The lowest BCUT2D eigenvalue weighted by Crippen LogP contribution is -2.56. The molecule has 0 unspecified atom stereocenters. The van der Waals surface area contributed by atoms with Crippen molar-refractivity contribution in [3.8, 4) is 0 Å². The van der Waals surface area contributed by atoms with E-state index in [9.17, 15) is 19.5 Å². The van der Waals surface area contributed by atoms with Crippen molar-refractivity contribution in [2.75, 3.05) is 0 Å². The van der Waals surface area contributed by atoms with Crippen LogP contribution in [0.4, 0.5) is 0 Å². The lowest BCUT2D eigenvalue weighted by molar-refractivity contribution is -0.151. The van der Waals surface area contributed by atoms with Crippen LogP contribution in [-0.4, -0.2) is 28.8 Å². The second kappa shape index (κ2) is 5.67. The summed E-state index contributed by atoms with van der Waals surface area (Å²) in [6.45, 7) is 1.44. The largest absolute Gasteiger partial charge is 0.480 e. The minimum atomic E-state index is -1.04. The molecule has 5 heteroatoms. The van der Waals surface area contributed by atoms with Crippen molar-refractivity contribution in [3.05, 3.63) is 0 Å². The van der Waals surface area contributed by atoms with E-state index in [-0.39, 0.29) is 29.9 Å². The molecule has 1 atom stereocenters. The molecule has 22 heavy (non-hydrogen) atoms. The summed E-state index contributed by atoms with van der Waals surface area (Å²) in [5.41, 5.74) is -0.335. The van der Waals surface area contributed by atoms with Crippen LogP contribution in [0.25, 0.3) is 0 Å². The molecule has 0 saturated heterocycles. The zero-order valence-electron chi connectivity index (χ0n) is 13.1. The molecular weight excluding hydrogens is 282 g/mol. The average Bonchev–Trinajstić information content (AvgIpc) is 2.41. The Hall–Kier alpha value is -1.39. The molecule has 122 valence electrons. The smallest absolute Gasteiger partial charge is 0.326 e. The van der Waals surface area contributed by atoms with Gasteiger partial charge in [0, 0.05) is 11.8 Å². The van der Waals surface area contributed by atoms with Crippen LogP contribution in [0.2, 0.25) is 0 Å². The van der Waals surface area contributed by atoms with Gasteiger partial charge in [-0.2, -0.15) is 0 Å². The molecule has 1 amide bonds. The van der Waals surface area contributed by atoms with Gasteiger partial charge in [0.25, 0.3) is 0 Å². The van der Waals surface area contributed by atoms with Crippen molar-refractivity contribution in [1.29, 1.82) is 0 Å². The van der Waals surface area contributed by atoms with Gasteiger partial charge >= 0.3 is 5.97 Å². The molecule has 0 aromatic carbocycles. The first-order valence-electron chi connectivity index (χ1n) is 8.41. The van der Waals surface area contributed by atoms with E-state index in [1.165, 1.54) is 26.2 Å². The number of carbonyl (C=O) groups excluding carboxylic acids is 2. The van der Waals surface area contributed by atoms with Crippen LogP contribution in [-0.2, 0) is 14.4 Å². The van der Waals surface area contributed by atoms with E-state index < -0.39 is 12.0 Å². The lowest BCUT2D eigenvalue weighted by Gasteiger charge is -2.55. The zero-order chi connectivity index (χ0) is 15.9. The van der Waals surface area contributed by atoms with E-state index >= 15 is 0 Å². The monoisotopic (exact) mass is 307 g/mol. The second-order valence-corrected chi connectivity index (χ2v) is 7.80. The van der Waals surface area contributed by atoms with Crippen LogP contribution < -0.4 is 5.32 Å². The predicted octanol–water partition coefficient (Wildman–Crippen LogP) is 2.14. The van der Waals surface area contributed by atoms with Gasteiger partial charge in [-0.3, -0.25) is 4.79 Å². The molecule has 4 saturated carbocycles. The molecule has 4 rings (SSSR count). The molecular formula is C17H25NO4. The second-order valence-electron chi connectivity index (χ2n) is 7.80. The van der Waals surface area contributed by atoms with E-state index in [0.29, 0.717) is 17.8 Å². The predicted molar refractivity (Wildman–Crippen MR) is 80.1 cm³/mol. The molecule has 4 aliphatic carbocycles.